The zero-order valence-electron chi connectivity index (χ0n) is 9.90. The summed E-state index contributed by atoms with van der Waals surface area (Å²) in [7, 11) is 4.06. The van der Waals surface area contributed by atoms with Crippen LogP contribution in [0.15, 0.2) is 30.5 Å². The average Bonchev–Trinajstić information content (AvgIpc) is 2.57. The van der Waals surface area contributed by atoms with Crippen LogP contribution in [-0.2, 0) is 6.54 Å². The van der Waals surface area contributed by atoms with Crippen molar-refractivity contribution in [1.82, 2.24) is 9.30 Å². The van der Waals surface area contributed by atoms with Crippen LogP contribution in [0.25, 0.3) is 5.52 Å². The third kappa shape index (κ3) is 1.86. The molecule has 0 saturated heterocycles. The van der Waals surface area contributed by atoms with Crippen LogP contribution < -0.4 is 0 Å². The summed E-state index contributed by atoms with van der Waals surface area (Å²) in [5.74, 6) is 0.103. The van der Waals surface area contributed by atoms with Crippen molar-refractivity contribution in [1.29, 1.82) is 0 Å². The second-order valence-corrected chi connectivity index (χ2v) is 4.30. The fourth-order valence-electron chi connectivity index (χ4n) is 1.96. The maximum atomic E-state index is 11.5. The molecule has 84 valence electrons. The molecule has 2 aromatic heterocycles. The van der Waals surface area contributed by atoms with Gasteiger partial charge in [0.2, 0.25) is 0 Å². The molecular weight excluding hydrogens is 200 g/mol. The Hall–Kier alpha value is -1.61. The van der Waals surface area contributed by atoms with Crippen molar-refractivity contribution in [3.8, 4) is 0 Å². The Morgan fingerprint density at radius 1 is 1.38 bits per heavy atom. The third-order valence-corrected chi connectivity index (χ3v) is 2.61. The predicted molar refractivity (Wildman–Crippen MR) is 64.8 cm³/mol. The van der Waals surface area contributed by atoms with Gasteiger partial charge in [0.05, 0.1) is 11.2 Å². The van der Waals surface area contributed by atoms with E-state index in [1.54, 1.807) is 6.92 Å². The lowest BCUT2D eigenvalue weighted by Gasteiger charge is -2.07. The first-order chi connectivity index (χ1) is 7.59. The summed E-state index contributed by atoms with van der Waals surface area (Å²) in [5, 5.41) is 0. The first-order valence-corrected chi connectivity index (χ1v) is 5.34. The highest BCUT2D eigenvalue weighted by Crippen LogP contribution is 2.18. The summed E-state index contributed by atoms with van der Waals surface area (Å²) >= 11 is 0. The smallest absolute Gasteiger partial charge is 0.176 e. The van der Waals surface area contributed by atoms with Crippen LogP contribution in [0.4, 0.5) is 0 Å². The second-order valence-electron chi connectivity index (χ2n) is 4.30. The summed E-state index contributed by atoms with van der Waals surface area (Å²) in [6.07, 6.45) is 1.94. The highest BCUT2D eigenvalue weighted by Gasteiger charge is 2.11. The maximum Gasteiger partial charge on any atom is 0.176 e. The molecule has 0 atom stereocenters. The fourth-order valence-corrected chi connectivity index (χ4v) is 1.96. The summed E-state index contributed by atoms with van der Waals surface area (Å²) in [4.78, 5) is 13.6. The topological polar surface area (TPSA) is 24.7 Å². The molecule has 0 unspecified atom stereocenters. The molecule has 0 N–H and O–H groups in total. The molecule has 0 amide bonds. The number of nitrogens with zero attached hydrogens (tertiary/aromatic N) is 2. The van der Waals surface area contributed by atoms with Gasteiger partial charge in [-0.05, 0) is 37.9 Å². The highest BCUT2D eigenvalue weighted by molar-refractivity contribution is 5.94. The number of rotatable bonds is 3. The van der Waals surface area contributed by atoms with E-state index in [1.807, 2.05) is 49.0 Å². The molecule has 0 spiro atoms. The van der Waals surface area contributed by atoms with Crippen LogP contribution >= 0.6 is 0 Å². The Labute approximate surface area is 95.3 Å². The molecule has 0 saturated carbocycles. The third-order valence-electron chi connectivity index (χ3n) is 2.61. The molecule has 3 nitrogen and oxygen atoms in total. The van der Waals surface area contributed by atoms with Gasteiger partial charge >= 0.3 is 0 Å². The van der Waals surface area contributed by atoms with Crippen LogP contribution in [0.2, 0.25) is 0 Å². The number of carbonyl (C=O) groups is 1. The first-order valence-electron chi connectivity index (χ1n) is 5.34. The predicted octanol–water partition coefficient (Wildman–Crippen LogP) is 2.20. The summed E-state index contributed by atoms with van der Waals surface area (Å²) < 4.78 is 1.96. The van der Waals surface area contributed by atoms with E-state index in [0.29, 0.717) is 0 Å². The van der Waals surface area contributed by atoms with Crippen molar-refractivity contribution in [3.05, 3.63) is 41.7 Å². The van der Waals surface area contributed by atoms with Crippen LogP contribution in [0, 0.1) is 0 Å². The average molecular weight is 216 g/mol. The Kier molecular flexibility index (Phi) is 2.79. The zero-order valence-corrected chi connectivity index (χ0v) is 9.90. The summed E-state index contributed by atoms with van der Waals surface area (Å²) in [6, 6.07) is 7.97. The molecular formula is C13H16N2O. The van der Waals surface area contributed by atoms with E-state index in [2.05, 4.69) is 4.90 Å². The number of pyridine rings is 1. The number of carbonyl (C=O) groups excluding carboxylic acids is 1. The van der Waals surface area contributed by atoms with Crippen molar-refractivity contribution in [2.24, 2.45) is 0 Å². The van der Waals surface area contributed by atoms with Gasteiger partial charge in [-0.3, -0.25) is 4.79 Å². The molecule has 16 heavy (non-hydrogen) atoms. The normalized spacial score (nSPS) is 11.2. The molecule has 0 aliphatic carbocycles. The van der Waals surface area contributed by atoms with Gasteiger partial charge < -0.3 is 9.30 Å². The van der Waals surface area contributed by atoms with Gasteiger partial charge in [-0.25, -0.2) is 0 Å². The Morgan fingerprint density at radius 2 is 2.12 bits per heavy atom. The maximum absolute atomic E-state index is 11.5. The number of ketones is 1. The van der Waals surface area contributed by atoms with Crippen molar-refractivity contribution in [2.75, 3.05) is 14.1 Å². The SMILES string of the molecule is CC(=O)c1cc(CN(C)C)c2ccccn12. The molecule has 3 heteroatoms. The van der Waals surface area contributed by atoms with Crippen LogP contribution in [0.3, 0.4) is 0 Å². The van der Waals surface area contributed by atoms with E-state index in [0.717, 1.165) is 17.8 Å². The minimum atomic E-state index is 0.103. The zero-order chi connectivity index (χ0) is 11.7. The highest BCUT2D eigenvalue weighted by atomic mass is 16.1. The number of hydrogen-bond donors (Lipinski definition) is 0. The minimum Gasteiger partial charge on any atom is -0.314 e. The van der Waals surface area contributed by atoms with E-state index in [-0.39, 0.29) is 5.78 Å². The lowest BCUT2D eigenvalue weighted by molar-refractivity contribution is 0.101. The molecule has 0 radical (unpaired) electrons. The van der Waals surface area contributed by atoms with E-state index >= 15 is 0 Å². The minimum absolute atomic E-state index is 0.103. The summed E-state index contributed by atoms with van der Waals surface area (Å²) in [6.45, 7) is 2.45. The van der Waals surface area contributed by atoms with Crippen LogP contribution in [0.1, 0.15) is 23.0 Å². The quantitative estimate of drug-likeness (QED) is 0.735. The van der Waals surface area contributed by atoms with Gasteiger partial charge in [0.15, 0.2) is 5.78 Å². The van der Waals surface area contributed by atoms with E-state index in [9.17, 15) is 4.79 Å². The molecule has 2 rings (SSSR count). The van der Waals surface area contributed by atoms with Crippen molar-refractivity contribution >= 4 is 11.3 Å². The van der Waals surface area contributed by atoms with Gasteiger partial charge in [0.1, 0.15) is 0 Å². The Balaban J connectivity index is 2.62. The standard InChI is InChI=1S/C13H16N2O/c1-10(16)13-8-11(9-14(2)3)12-6-4-5-7-15(12)13/h4-8H,9H2,1-3H3. The largest absolute Gasteiger partial charge is 0.314 e. The molecule has 0 aliphatic rings. The lowest BCUT2D eigenvalue weighted by Crippen LogP contribution is -2.10. The van der Waals surface area contributed by atoms with E-state index in [4.69, 9.17) is 0 Å². The van der Waals surface area contributed by atoms with E-state index < -0.39 is 0 Å². The molecule has 0 fully saturated rings. The van der Waals surface area contributed by atoms with Crippen molar-refractivity contribution in [2.45, 2.75) is 13.5 Å². The van der Waals surface area contributed by atoms with Crippen LogP contribution in [-0.4, -0.2) is 29.2 Å². The van der Waals surface area contributed by atoms with Crippen LogP contribution in [0.5, 0.6) is 0 Å². The number of Topliss-reactive ketones (excluding diaryl/α,β-unsaturated/α-hetero) is 1. The second kappa shape index (κ2) is 4.10. The van der Waals surface area contributed by atoms with Gasteiger partial charge in [0, 0.05) is 19.7 Å². The van der Waals surface area contributed by atoms with Gasteiger partial charge in [-0.15, -0.1) is 0 Å². The van der Waals surface area contributed by atoms with Gasteiger partial charge in [0.25, 0.3) is 0 Å². The van der Waals surface area contributed by atoms with Gasteiger partial charge in [-0.2, -0.15) is 0 Å². The van der Waals surface area contributed by atoms with Crippen molar-refractivity contribution in [3.63, 3.8) is 0 Å². The molecule has 0 aromatic carbocycles. The van der Waals surface area contributed by atoms with Gasteiger partial charge in [-0.1, -0.05) is 6.07 Å². The first kappa shape index (κ1) is 10.9. The van der Waals surface area contributed by atoms with E-state index in [1.165, 1.54) is 5.56 Å². The summed E-state index contributed by atoms with van der Waals surface area (Å²) in [5.41, 5.74) is 3.06. The number of hydrogen-bond acceptors (Lipinski definition) is 2. The number of aromatic nitrogens is 1. The Bertz CT molecular complexity index is 526. The molecule has 2 aromatic rings. The number of fused-ring (bicyclic) bond motifs is 1. The monoisotopic (exact) mass is 216 g/mol. The Morgan fingerprint density at radius 3 is 2.75 bits per heavy atom. The molecule has 2 heterocycles. The molecule has 0 bridgehead atoms. The lowest BCUT2D eigenvalue weighted by atomic mass is 10.2. The molecule has 0 aliphatic heterocycles. The van der Waals surface area contributed by atoms with Crippen molar-refractivity contribution < 1.29 is 4.79 Å². The fraction of sp³-hybridized carbons (Fsp3) is 0.308.